The Labute approximate surface area is 107 Å². The highest BCUT2D eigenvalue weighted by atomic mass is 32.2. The normalized spacial score (nSPS) is 24.6. The van der Waals surface area contributed by atoms with Gasteiger partial charge in [-0.05, 0) is 32.3 Å². The van der Waals surface area contributed by atoms with Crippen molar-refractivity contribution < 1.29 is 14.3 Å². The van der Waals surface area contributed by atoms with Crippen LogP contribution >= 0.6 is 11.8 Å². The third-order valence-electron chi connectivity index (χ3n) is 2.54. The maximum Gasteiger partial charge on any atom is 0.237 e. The average molecular weight is 262 g/mol. The topological polar surface area (TPSA) is 73.6 Å². The predicted octanol–water partition coefficient (Wildman–Crippen LogP) is 0.335. The summed E-state index contributed by atoms with van der Waals surface area (Å²) in [5.41, 5.74) is 5.74. The van der Waals surface area contributed by atoms with Gasteiger partial charge in [-0.25, -0.2) is 0 Å². The average Bonchev–Trinajstić information content (AvgIpc) is 2.62. The number of amides is 1. The minimum Gasteiger partial charge on any atom is -0.352 e. The van der Waals surface area contributed by atoms with Gasteiger partial charge in [0.05, 0.1) is 12.6 Å². The summed E-state index contributed by atoms with van der Waals surface area (Å²) in [5, 5.41) is 2.79. The lowest BCUT2D eigenvalue weighted by atomic mass is 10.2. The van der Waals surface area contributed by atoms with Crippen LogP contribution in [0.25, 0.3) is 0 Å². The van der Waals surface area contributed by atoms with E-state index in [9.17, 15) is 4.79 Å². The first-order valence-corrected chi connectivity index (χ1v) is 7.18. The molecule has 17 heavy (non-hydrogen) atoms. The van der Waals surface area contributed by atoms with Crippen LogP contribution in [-0.4, -0.2) is 49.0 Å². The molecular formula is C11H22N2O3S. The zero-order chi connectivity index (χ0) is 12.9. The van der Waals surface area contributed by atoms with Crippen molar-refractivity contribution in [3.05, 3.63) is 0 Å². The van der Waals surface area contributed by atoms with Crippen LogP contribution < -0.4 is 11.1 Å². The zero-order valence-corrected chi connectivity index (χ0v) is 11.5. The van der Waals surface area contributed by atoms with Gasteiger partial charge >= 0.3 is 0 Å². The first kappa shape index (κ1) is 14.8. The van der Waals surface area contributed by atoms with E-state index in [0.29, 0.717) is 19.6 Å². The van der Waals surface area contributed by atoms with E-state index in [1.807, 2.05) is 20.1 Å². The maximum atomic E-state index is 11.6. The highest BCUT2D eigenvalue weighted by Crippen LogP contribution is 2.21. The molecule has 3 N–H and O–H groups in total. The number of carbonyl (C=O) groups is 1. The molecule has 2 atom stereocenters. The Morgan fingerprint density at radius 2 is 2.35 bits per heavy atom. The van der Waals surface area contributed by atoms with E-state index in [0.717, 1.165) is 5.75 Å². The molecule has 0 spiro atoms. The van der Waals surface area contributed by atoms with Gasteiger partial charge in [-0.3, -0.25) is 4.79 Å². The molecule has 1 amide bonds. The molecule has 1 aliphatic rings. The van der Waals surface area contributed by atoms with Crippen LogP contribution in [0.3, 0.4) is 0 Å². The Morgan fingerprint density at radius 1 is 1.65 bits per heavy atom. The number of hydrogen-bond acceptors (Lipinski definition) is 5. The molecule has 0 saturated carbocycles. The van der Waals surface area contributed by atoms with Crippen molar-refractivity contribution in [3.8, 4) is 0 Å². The summed E-state index contributed by atoms with van der Waals surface area (Å²) < 4.78 is 11.0. The standard InChI is InChI=1S/C11H22N2O3S/c1-11(2)15-7-8(16-11)6-13-10(14)9(12)4-5-17-3/h8-9H,4-7,12H2,1-3H3,(H,13,14)/t8?,9-/m1/s1. The molecule has 0 aromatic carbocycles. The summed E-state index contributed by atoms with van der Waals surface area (Å²) in [6, 6.07) is -0.433. The van der Waals surface area contributed by atoms with Crippen LogP contribution in [0, 0.1) is 0 Å². The molecule has 0 aromatic rings. The number of hydrogen-bond donors (Lipinski definition) is 2. The van der Waals surface area contributed by atoms with Crippen molar-refractivity contribution in [2.24, 2.45) is 5.73 Å². The molecule has 0 bridgehead atoms. The second kappa shape index (κ2) is 6.58. The fourth-order valence-corrected chi connectivity index (χ4v) is 2.07. The second-order valence-electron chi connectivity index (χ2n) is 4.58. The molecule has 0 aromatic heterocycles. The van der Waals surface area contributed by atoms with Gasteiger partial charge in [0.25, 0.3) is 0 Å². The fourth-order valence-electron chi connectivity index (χ4n) is 1.59. The van der Waals surface area contributed by atoms with Crippen molar-refractivity contribution >= 4 is 17.7 Å². The molecule has 1 rings (SSSR count). The predicted molar refractivity (Wildman–Crippen MR) is 68.9 cm³/mol. The van der Waals surface area contributed by atoms with Crippen molar-refractivity contribution in [2.75, 3.05) is 25.2 Å². The number of nitrogens with one attached hydrogen (secondary N) is 1. The van der Waals surface area contributed by atoms with E-state index in [4.69, 9.17) is 15.2 Å². The number of nitrogens with two attached hydrogens (primary N) is 1. The van der Waals surface area contributed by atoms with E-state index in [2.05, 4.69) is 5.32 Å². The largest absolute Gasteiger partial charge is 0.352 e. The van der Waals surface area contributed by atoms with Crippen molar-refractivity contribution in [1.82, 2.24) is 5.32 Å². The Hall–Kier alpha value is -0.300. The monoisotopic (exact) mass is 262 g/mol. The first-order valence-electron chi connectivity index (χ1n) is 5.78. The highest BCUT2D eigenvalue weighted by Gasteiger charge is 2.32. The molecule has 1 heterocycles. The first-order chi connectivity index (χ1) is 7.94. The van der Waals surface area contributed by atoms with Gasteiger partial charge in [0.2, 0.25) is 5.91 Å². The van der Waals surface area contributed by atoms with Crippen molar-refractivity contribution in [1.29, 1.82) is 0 Å². The summed E-state index contributed by atoms with van der Waals surface area (Å²) in [5.74, 6) is 0.230. The summed E-state index contributed by atoms with van der Waals surface area (Å²) in [7, 11) is 0. The van der Waals surface area contributed by atoms with E-state index < -0.39 is 11.8 Å². The molecule has 0 radical (unpaired) electrons. The Balaban J connectivity index is 2.20. The van der Waals surface area contributed by atoms with Gasteiger partial charge in [0, 0.05) is 6.54 Å². The minimum atomic E-state index is -0.545. The lowest BCUT2D eigenvalue weighted by Crippen LogP contribution is -2.44. The quantitative estimate of drug-likeness (QED) is 0.722. The number of ether oxygens (including phenoxy) is 2. The van der Waals surface area contributed by atoms with Gasteiger partial charge in [-0.2, -0.15) is 11.8 Å². The fraction of sp³-hybridized carbons (Fsp3) is 0.909. The van der Waals surface area contributed by atoms with Gasteiger partial charge in [0.1, 0.15) is 6.10 Å². The molecule has 5 nitrogen and oxygen atoms in total. The lowest BCUT2D eigenvalue weighted by Gasteiger charge is -2.18. The van der Waals surface area contributed by atoms with Gasteiger partial charge in [0.15, 0.2) is 5.79 Å². The smallest absolute Gasteiger partial charge is 0.237 e. The van der Waals surface area contributed by atoms with Crippen molar-refractivity contribution in [3.63, 3.8) is 0 Å². The van der Waals surface area contributed by atoms with Crippen LogP contribution in [0.2, 0.25) is 0 Å². The number of rotatable bonds is 6. The molecular weight excluding hydrogens is 240 g/mol. The molecule has 1 fully saturated rings. The summed E-state index contributed by atoms with van der Waals surface area (Å²) >= 11 is 1.69. The second-order valence-corrected chi connectivity index (χ2v) is 5.57. The van der Waals surface area contributed by atoms with E-state index >= 15 is 0 Å². The van der Waals surface area contributed by atoms with Gasteiger partial charge < -0.3 is 20.5 Å². The number of thioether (sulfide) groups is 1. The molecule has 1 unspecified atom stereocenters. The number of carbonyl (C=O) groups excluding carboxylic acids is 1. The van der Waals surface area contributed by atoms with Crippen LogP contribution in [-0.2, 0) is 14.3 Å². The highest BCUT2D eigenvalue weighted by molar-refractivity contribution is 7.98. The Kier molecular flexibility index (Phi) is 5.72. The molecule has 100 valence electrons. The maximum absolute atomic E-state index is 11.6. The van der Waals surface area contributed by atoms with Gasteiger partial charge in [-0.1, -0.05) is 0 Å². The molecule has 1 saturated heterocycles. The lowest BCUT2D eigenvalue weighted by molar-refractivity contribution is -0.139. The van der Waals surface area contributed by atoms with E-state index in [1.54, 1.807) is 11.8 Å². The van der Waals surface area contributed by atoms with Crippen LogP contribution in [0.5, 0.6) is 0 Å². The Morgan fingerprint density at radius 3 is 2.88 bits per heavy atom. The molecule has 1 aliphatic heterocycles. The molecule has 0 aliphatic carbocycles. The zero-order valence-electron chi connectivity index (χ0n) is 10.7. The van der Waals surface area contributed by atoms with Crippen molar-refractivity contribution in [2.45, 2.75) is 38.2 Å². The van der Waals surface area contributed by atoms with Crippen LogP contribution in [0.15, 0.2) is 0 Å². The Bertz CT molecular complexity index is 261. The summed E-state index contributed by atoms with van der Waals surface area (Å²) in [6.45, 7) is 4.68. The molecule has 6 heteroatoms. The minimum absolute atomic E-state index is 0.0818. The van der Waals surface area contributed by atoms with Crippen LogP contribution in [0.1, 0.15) is 20.3 Å². The summed E-state index contributed by atoms with van der Waals surface area (Å²) in [4.78, 5) is 11.6. The van der Waals surface area contributed by atoms with Crippen LogP contribution in [0.4, 0.5) is 0 Å². The third kappa shape index (κ3) is 5.25. The van der Waals surface area contributed by atoms with Gasteiger partial charge in [-0.15, -0.1) is 0 Å². The van der Waals surface area contributed by atoms with E-state index in [1.165, 1.54) is 0 Å². The SMILES string of the molecule is CSCC[C@@H](N)C(=O)NCC1COC(C)(C)O1. The van der Waals surface area contributed by atoms with E-state index in [-0.39, 0.29) is 12.0 Å². The third-order valence-corrected chi connectivity index (χ3v) is 3.18. The summed E-state index contributed by atoms with van der Waals surface area (Å²) in [6.07, 6.45) is 2.61.